The normalized spacial score (nSPS) is 7.88. The molecule has 0 aliphatic rings. The Labute approximate surface area is 64.8 Å². The van der Waals surface area contributed by atoms with Gasteiger partial charge in [-0.05, 0) is 13.8 Å². The van der Waals surface area contributed by atoms with E-state index < -0.39 is 0 Å². The maximum absolute atomic E-state index is 5.59. The smallest absolute Gasteiger partial charge is 0.346 e. The Kier molecular flexibility index (Phi) is 6.51. The van der Waals surface area contributed by atoms with Crippen LogP contribution in [0.15, 0.2) is 11.6 Å². The van der Waals surface area contributed by atoms with Gasteiger partial charge in [-0.25, -0.2) is 0 Å². The van der Waals surface area contributed by atoms with Gasteiger partial charge in [-0.3, -0.25) is 0 Å². The highest BCUT2D eigenvalue weighted by Gasteiger charge is 1.85. The van der Waals surface area contributed by atoms with E-state index in [-0.39, 0.29) is 19.3 Å². The summed E-state index contributed by atoms with van der Waals surface area (Å²) in [7, 11) is 5.59. The van der Waals surface area contributed by atoms with E-state index in [0.717, 1.165) is 0 Å². The molecule has 0 N–H and O–H groups in total. The molecule has 0 radical (unpaired) electrons. The van der Waals surface area contributed by atoms with Crippen molar-refractivity contribution in [2.75, 3.05) is 0 Å². The topological polar surface area (TPSA) is 0 Å². The lowest BCUT2D eigenvalue weighted by Gasteiger charge is -1.87. The van der Waals surface area contributed by atoms with Gasteiger partial charge >= 0.3 is 19.3 Å². The van der Waals surface area contributed by atoms with Gasteiger partial charge in [0.25, 0.3) is 0 Å². The molecule has 0 spiro atoms. The first-order valence-electron chi connectivity index (χ1n) is 2.96. The summed E-state index contributed by atoms with van der Waals surface area (Å²) in [5.41, 5.74) is 1.41. The lowest BCUT2D eigenvalue weighted by atomic mass is 10.3. The van der Waals surface area contributed by atoms with E-state index in [1.807, 2.05) is 0 Å². The molecule has 0 unspecified atom stereocenters. The van der Waals surface area contributed by atoms with Crippen molar-refractivity contribution in [3.05, 3.63) is 11.6 Å². The van der Waals surface area contributed by atoms with Gasteiger partial charge in [-0.15, -0.1) is 4.55 Å². The van der Waals surface area contributed by atoms with Crippen molar-refractivity contribution >= 4 is 28.3 Å². The summed E-state index contributed by atoms with van der Waals surface area (Å²) in [6, 6.07) is 0. The first-order valence-corrected chi connectivity index (χ1v) is 6.10. The number of hydrogen-bond acceptors (Lipinski definition) is 0. The van der Waals surface area contributed by atoms with E-state index in [1.165, 1.54) is 16.5 Å². The molecule has 0 nitrogen and oxygen atoms in total. The zero-order valence-corrected chi connectivity index (χ0v) is 7.75. The van der Waals surface area contributed by atoms with Gasteiger partial charge < -0.3 is 9.07 Å². The first kappa shape index (κ1) is 8.80. The van der Waals surface area contributed by atoms with Crippen LogP contribution in [0.5, 0.6) is 0 Å². The maximum atomic E-state index is 5.59. The SMILES string of the molecule is CC(C)=CC[CH2][Mg][Cl]. The van der Waals surface area contributed by atoms with Crippen LogP contribution in [0.2, 0.25) is 4.55 Å². The molecule has 0 atom stereocenters. The van der Waals surface area contributed by atoms with Crippen LogP contribution in [0.3, 0.4) is 0 Å². The molecule has 8 heavy (non-hydrogen) atoms. The highest BCUT2D eigenvalue weighted by Crippen LogP contribution is 1.97. The van der Waals surface area contributed by atoms with Gasteiger partial charge in [-0.1, -0.05) is 18.1 Å². The van der Waals surface area contributed by atoms with Crippen molar-refractivity contribution in [2.45, 2.75) is 24.8 Å². The standard InChI is InChI=1S/C6H11.ClH.Mg/c1-4-5-6(2)3;;/h5H,1,4H2,2-3H3;1H;/q;;+1/p-1. The summed E-state index contributed by atoms with van der Waals surface area (Å²) >= 11 is -0.201. The minimum absolute atomic E-state index is 0.201. The third kappa shape index (κ3) is 6.80. The second-order valence-corrected chi connectivity index (χ2v) is 4.33. The van der Waals surface area contributed by atoms with Crippen LogP contribution in [0, 0.1) is 0 Å². The van der Waals surface area contributed by atoms with Gasteiger partial charge in [0, 0.05) is 0 Å². The minimum Gasteiger partial charge on any atom is -0.346 e. The Morgan fingerprint density at radius 2 is 2.25 bits per heavy atom. The molecular weight excluding hydrogens is 132 g/mol. The number of hydrogen-bond donors (Lipinski definition) is 0. The molecule has 0 aromatic carbocycles. The predicted molar refractivity (Wildman–Crippen MR) is 40.5 cm³/mol. The summed E-state index contributed by atoms with van der Waals surface area (Å²) in [6.07, 6.45) is 3.44. The monoisotopic (exact) mass is 142 g/mol. The van der Waals surface area contributed by atoms with Crippen LogP contribution in [0.25, 0.3) is 0 Å². The molecular formula is C6H11ClMg. The van der Waals surface area contributed by atoms with Crippen molar-refractivity contribution in [2.24, 2.45) is 0 Å². The fourth-order valence-corrected chi connectivity index (χ4v) is 1.29. The molecule has 0 rings (SSSR count). The third-order valence-corrected chi connectivity index (χ3v) is 2.37. The zero-order chi connectivity index (χ0) is 6.41. The van der Waals surface area contributed by atoms with Gasteiger partial charge in [0.2, 0.25) is 0 Å². The quantitative estimate of drug-likeness (QED) is 0.323. The van der Waals surface area contributed by atoms with Gasteiger partial charge in [0.1, 0.15) is 0 Å². The molecule has 0 amide bonds. The molecule has 2 heteroatoms. The summed E-state index contributed by atoms with van der Waals surface area (Å²) in [5.74, 6) is 0. The Balaban J connectivity index is 3.03. The van der Waals surface area contributed by atoms with E-state index in [2.05, 4.69) is 19.9 Å². The summed E-state index contributed by atoms with van der Waals surface area (Å²) in [6.45, 7) is 4.24. The van der Waals surface area contributed by atoms with E-state index in [1.54, 1.807) is 0 Å². The molecule has 0 aliphatic heterocycles. The fraction of sp³-hybridized carbons (Fsp3) is 0.667. The largest absolute Gasteiger partial charge is 0.501 e. The number of rotatable bonds is 3. The molecule has 0 aliphatic carbocycles. The van der Waals surface area contributed by atoms with Crippen molar-refractivity contribution in [1.82, 2.24) is 0 Å². The Hall–Kier alpha value is 0.796. The first-order chi connectivity index (χ1) is 3.77. The minimum atomic E-state index is -0.201. The van der Waals surface area contributed by atoms with Gasteiger partial charge in [-0.2, -0.15) is 0 Å². The zero-order valence-electron chi connectivity index (χ0n) is 5.58. The summed E-state index contributed by atoms with van der Waals surface area (Å²) in [5, 5.41) is 0. The number of allylic oxidation sites excluding steroid dienone is 2. The maximum Gasteiger partial charge on any atom is 0.501 e. The van der Waals surface area contributed by atoms with E-state index >= 15 is 0 Å². The Bertz CT molecular complexity index is 74.6. The Morgan fingerprint density at radius 1 is 1.62 bits per heavy atom. The van der Waals surface area contributed by atoms with E-state index in [0.29, 0.717) is 0 Å². The molecule has 0 saturated carbocycles. The predicted octanol–water partition coefficient (Wildman–Crippen LogP) is 2.62. The lowest BCUT2D eigenvalue weighted by Crippen LogP contribution is -1.74. The second kappa shape index (κ2) is 5.92. The van der Waals surface area contributed by atoms with Crippen molar-refractivity contribution in [1.29, 1.82) is 0 Å². The number of halogens is 1. The van der Waals surface area contributed by atoms with Crippen LogP contribution in [-0.4, -0.2) is 19.3 Å². The van der Waals surface area contributed by atoms with Crippen molar-refractivity contribution < 1.29 is 0 Å². The molecule has 0 aromatic heterocycles. The second-order valence-electron chi connectivity index (χ2n) is 2.11. The molecule has 0 aromatic rings. The summed E-state index contributed by atoms with van der Waals surface area (Å²) in [4.78, 5) is 0. The van der Waals surface area contributed by atoms with E-state index in [4.69, 9.17) is 9.07 Å². The molecule has 0 heterocycles. The highest BCUT2D eigenvalue weighted by molar-refractivity contribution is 6.93. The van der Waals surface area contributed by atoms with Crippen molar-refractivity contribution in [3.63, 3.8) is 0 Å². The average molecular weight is 143 g/mol. The lowest BCUT2D eigenvalue weighted by molar-refractivity contribution is 1.17. The average Bonchev–Trinajstić information content (AvgIpc) is 1.66. The van der Waals surface area contributed by atoms with Crippen LogP contribution in [0.4, 0.5) is 0 Å². The molecule has 0 saturated heterocycles. The molecule has 0 fully saturated rings. The van der Waals surface area contributed by atoms with E-state index in [9.17, 15) is 0 Å². The fourth-order valence-electron chi connectivity index (χ4n) is 0.468. The molecule has 0 bridgehead atoms. The van der Waals surface area contributed by atoms with Crippen LogP contribution in [0.1, 0.15) is 20.3 Å². The van der Waals surface area contributed by atoms with Crippen LogP contribution < -0.4 is 0 Å². The van der Waals surface area contributed by atoms with Gasteiger partial charge in [0.15, 0.2) is 0 Å². The van der Waals surface area contributed by atoms with Crippen LogP contribution in [-0.2, 0) is 0 Å². The van der Waals surface area contributed by atoms with Crippen molar-refractivity contribution in [3.8, 4) is 0 Å². The summed E-state index contributed by atoms with van der Waals surface area (Å²) < 4.78 is 1.24. The van der Waals surface area contributed by atoms with Gasteiger partial charge in [0.05, 0.1) is 0 Å². The Morgan fingerprint density at radius 3 is 2.62 bits per heavy atom. The third-order valence-electron chi connectivity index (χ3n) is 0.890. The molecule has 44 valence electrons. The highest BCUT2D eigenvalue weighted by atomic mass is 35.5. The van der Waals surface area contributed by atoms with Crippen LogP contribution >= 0.6 is 9.07 Å².